The van der Waals surface area contributed by atoms with E-state index in [1.165, 1.54) is 18.4 Å². The summed E-state index contributed by atoms with van der Waals surface area (Å²) in [4.78, 5) is 16.9. The number of thiazole rings is 1. The number of carboxylic acids is 1. The molecular weight excluding hydrogens is 365 g/mol. The van der Waals surface area contributed by atoms with E-state index in [4.69, 9.17) is 4.74 Å². The van der Waals surface area contributed by atoms with Crippen LogP contribution in [0.25, 0.3) is 11.1 Å². The Kier molecular flexibility index (Phi) is 5.56. The molecule has 0 spiro atoms. The van der Waals surface area contributed by atoms with E-state index in [2.05, 4.69) is 4.98 Å². The van der Waals surface area contributed by atoms with Crippen molar-refractivity contribution in [3.05, 3.63) is 69.4 Å². The summed E-state index contributed by atoms with van der Waals surface area (Å²) < 4.78 is 20.1. The summed E-state index contributed by atoms with van der Waals surface area (Å²) in [5, 5.41) is 10.1. The van der Waals surface area contributed by atoms with Crippen LogP contribution in [0.4, 0.5) is 4.39 Å². The van der Waals surface area contributed by atoms with Crippen LogP contribution in [-0.4, -0.2) is 23.2 Å². The molecule has 1 unspecified atom stereocenters. The summed E-state index contributed by atoms with van der Waals surface area (Å²) in [5.41, 5.74) is 2.40. The number of ether oxygens (including phenoxy) is 1. The molecule has 4 nitrogen and oxygen atoms in total. The molecule has 0 radical (unpaired) electrons. The van der Waals surface area contributed by atoms with E-state index < -0.39 is 11.9 Å². The van der Waals surface area contributed by atoms with Crippen molar-refractivity contribution in [1.82, 2.24) is 4.98 Å². The number of carbonyl (C=O) groups is 1. The van der Waals surface area contributed by atoms with E-state index in [1.807, 2.05) is 6.92 Å². The number of hydrogen-bond donors (Lipinski definition) is 1. The number of aryl methyl sites for hydroxylation is 2. The second-order valence-corrected chi connectivity index (χ2v) is 7.62. The van der Waals surface area contributed by atoms with E-state index >= 15 is 0 Å². The molecule has 0 amide bonds. The first-order chi connectivity index (χ1) is 12.9. The SMILES string of the molecule is COc1ccc(-c2cccc(C)c2F)cc1C(CC(=O)O)c1ncc(C)s1. The Labute approximate surface area is 161 Å². The molecule has 0 aliphatic heterocycles. The van der Waals surface area contributed by atoms with E-state index in [9.17, 15) is 14.3 Å². The third-order valence-corrected chi connectivity index (χ3v) is 5.45. The van der Waals surface area contributed by atoms with E-state index in [-0.39, 0.29) is 12.2 Å². The van der Waals surface area contributed by atoms with Crippen molar-refractivity contribution < 1.29 is 19.0 Å². The zero-order valence-electron chi connectivity index (χ0n) is 15.3. The lowest BCUT2D eigenvalue weighted by molar-refractivity contribution is -0.137. The lowest BCUT2D eigenvalue weighted by Crippen LogP contribution is -2.09. The van der Waals surface area contributed by atoms with Gasteiger partial charge in [-0.3, -0.25) is 4.79 Å². The van der Waals surface area contributed by atoms with Crippen molar-refractivity contribution in [1.29, 1.82) is 0 Å². The predicted molar refractivity (Wildman–Crippen MR) is 104 cm³/mol. The van der Waals surface area contributed by atoms with Crippen LogP contribution in [0.5, 0.6) is 5.75 Å². The normalized spacial score (nSPS) is 12.0. The van der Waals surface area contributed by atoms with Crippen molar-refractivity contribution in [3.63, 3.8) is 0 Å². The molecule has 3 rings (SSSR count). The Bertz CT molecular complexity index is 983. The molecule has 0 saturated heterocycles. The van der Waals surface area contributed by atoms with Gasteiger partial charge in [0.1, 0.15) is 16.6 Å². The largest absolute Gasteiger partial charge is 0.496 e. The number of carboxylic acid groups (broad SMARTS) is 1. The number of halogens is 1. The fourth-order valence-corrected chi connectivity index (χ4v) is 3.98. The molecule has 1 heterocycles. The molecule has 2 aromatic carbocycles. The third kappa shape index (κ3) is 4.01. The topological polar surface area (TPSA) is 59.4 Å². The fourth-order valence-electron chi connectivity index (χ4n) is 3.08. The van der Waals surface area contributed by atoms with Crippen LogP contribution in [0.15, 0.2) is 42.6 Å². The number of hydrogen-bond acceptors (Lipinski definition) is 4. The number of nitrogens with zero attached hydrogens (tertiary/aromatic N) is 1. The van der Waals surface area contributed by atoms with Crippen molar-refractivity contribution >= 4 is 17.3 Å². The standard InChI is InChI=1S/C21H20FNO3S/c1-12-5-4-6-15(20(12)22)14-7-8-18(26-3)16(9-14)17(10-19(24)25)21-23-11-13(2)27-21/h4-9,11,17H,10H2,1-3H3,(H,24,25). The maximum absolute atomic E-state index is 14.6. The zero-order chi connectivity index (χ0) is 19.6. The highest BCUT2D eigenvalue weighted by atomic mass is 32.1. The molecule has 6 heteroatoms. The van der Waals surface area contributed by atoms with Crippen molar-refractivity contribution in [2.24, 2.45) is 0 Å². The molecule has 0 fully saturated rings. The average molecular weight is 385 g/mol. The third-order valence-electron chi connectivity index (χ3n) is 4.42. The van der Waals surface area contributed by atoms with Crippen LogP contribution in [0.2, 0.25) is 0 Å². The molecule has 0 saturated carbocycles. The van der Waals surface area contributed by atoms with Crippen molar-refractivity contribution in [2.45, 2.75) is 26.2 Å². The quantitative estimate of drug-likeness (QED) is 0.635. The number of benzene rings is 2. The number of rotatable bonds is 6. The summed E-state index contributed by atoms with van der Waals surface area (Å²) in [5.74, 6) is -1.12. The molecule has 0 aliphatic carbocycles. The molecule has 0 bridgehead atoms. The molecule has 3 aromatic rings. The van der Waals surface area contributed by atoms with Crippen LogP contribution in [-0.2, 0) is 4.79 Å². The average Bonchev–Trinajstić information content (AvgIpc) is 3.07. The molecular formula is C21H20FNO3S. The van der Waals surface area contributed by atoms with Crippen molar-refractivity contribution in [2.75, 3.05) is 7.11 Å². The summed E-state index contributed by atoms with van der Waals surface area (Å²) in [6, 6.07) is 10.6. The van der Waals surface area contributed by atoms with Crippen LogP contribution in [0.1, 0.15) is 33.4 Å². The lowest BCUT2D eigenvalue weighted by atomic mass is 9.91. The second kappa shape index (κ2) is 7.88. The molecule has 27 heavy (non-hydrogen) atoms. The number of methoxy groups -OCH3 is 1. The first-order valence-electron chi connectivity index (χ1n) is 8.48. The molecule has 0 aliphatic rings. The van der Waals surface area contributed by atoms with Gasteiger partial charge < -0.3 is 9.84 Å². The van der Waals surface area contributed by atoms with Gasteiger partial charge in [0.2, 0.25) is 0 Å². The van der Waals surface area contributed by atoms with Gasteiger partial charge in [0.25, 0.3) is 0 Å². The summed E-state index contributed by atoms with van der Waals surface area (Å²) in [6.45, 7) is 3.64. The van der Waals surface area contributed by atoms with Crippen LogP contribution >= 0.6 is 11.3 Å². The Balaban J connectivity index is 2.16. The Morgan fingerprint density at radius 2 is 2.07 bits per heavy atom. The van der Waals surface area contributed by atoms with Gasteiger partial charge >= 0.3 is 5.97 Å². The van der Waals surface area contributed by atoms with Gasteiger partial charge in [-0.05, 0) is 37.1 Å². The van der Waals surface area contributed by atoms with Gasteiger partial charge in [0.05, 0.1) is 19.4 Å². The summed E-state index contributed by atoms with van der Waals surface area (Å²) in [6.07, 6.45) is 1.61. The first-order valence-corrected chi connectivity index (χ1v) is 9.30. The maximum Gasteiger partial charge on any atom is 0.304 e. The van der Waals surface area contributed by atoms with E-state index in [0.717, 1.165) is 4.88 Å². The lowest BCUT2D eigenvalue weighted by Gasteiger charge is -2.18. The maximum atomic E-state index is 14.6. The minimum absolute atomic E-state index is 0.122. The minimum Gasteiger partial charge on any atom is -0.496 e. The fraction of sp³-hybridized carbons (Fsp3) is 0.238. The number of aromatic nitrogens is 1. The van der Waals surface area contributed by atoms with Gasteiger partial charge in [0, 0.05) is 22.2 Å². The van der Waals surface area contributed by atoms with Crippen LogP contribution < -0.4 is 4.74 Å². The van der Waals surface area contributed by atoms with Gasteiger partial charge in [-0.1, -0.05) is 24.3 Å². The summed E-state index contributed by atoms with van der Waals surface area (Å²) >= 11 is 1.46. The van der Waals surface area contributed by atoms with E-state index in [0.29, 0.717) is 33.0 Å². The highest BCUT2D eigenvalue weighted by Crippen LogP contribution is 2.39. The molecule has 1 atom stereocenters. The Hall–Kier alpha value is -2.73. The van der Waals surface area contributed by atoms with Gasteiger partial charge in [0.15, 0.2) is 0 Å². The van der Waals surface area contributed by atoms with Crippen LogP contribution in [0, 0.1) is 19.7 Å². The zero-order valence-corrected chi connectivity index (χ0v) is 16.1. The summed E-state index contributed by atoms with van der Waals surface area (Å²) in [7, 11) is 1.54. The highest BCUT2D eigenvalue weighted by Gasteiger charge is 2.25. The molecule has 1 aromatic heterocycles. The minimum atomic E-state index is -0.929. The smallest absolute Gasteiger partial charge is 0.304 e. The van der Waals surface area contributed by atoms with Gasteiger partial charge in [-0.25, -0.2) is 9.37 Å². The van der Waals surface area contributed by atoms with E-state index in [1.54, 1.807) is 49.5 Å². The number of aliphatic carboxylic acids is 1. The Morgan fingerprint density at radius 1 is 1.30 bits per heavy atom. The van der Waals surface area contributed by atoms with Crippen molar-refractivity contribution in [3.8, 4) is 16.9 Å². The molecule has 140 valence electrons. The van der Waals surface area contributed by atoms with Gasteiger partial charge in [-0.15, -0.1) is 11.3 Å². The first kappa shape index (κ1) is 19.0. The highest BCUT2D eigenvalue weighted by molar-refractivity contribution is 7.11. The monoisotopic (exact) mass is 385 g/mol. The van der Waals surface area contributed by atoms with Gasteiger partial charge in [-0.2, -0.15) is 0 Å². The Morgan fingerprint density at radius 3 is 2.70 bits per heavy atom. The second-order valence-electron chi connectivity index (χ2n) is 6.35. The molecule has 1 N–H and O–H groups in total. The predicted octanol–water partition coefficient (Wildman–Crippen LogP) is 5.18. The van der Waals surface area contributed by atoms with Crippen LogP contribution in [0.3, 0.4) is 0 Å².